The standard InChI is InChI=1S/C20H15F5N2O4S/c1-30-8-31-10-6-27-16-12(18(28)26-19(27)29)5-13(20(23,24)25)15(17(16)32-7-10)11-3-2-9(21)4-14(11)22/h2-5,10H,6-8H2,1H3,(H,26,28,29)/t10-/m1/s1. The molecule has 4 rings (SSSR count). The average Bonchev–Trinajstić information content (AvgIpc) is 2.90. The minimum Gasteiger partial charge on any atom is -0.359 e. The van der Waals surface area contributed by atoms with E-state index in [-0.39, 0.29) is 34.9 Å². The molecular formula is C20H15F5N2O4S. The Morgan fingerprint density at radius 1 is 1.22 bits per heavy atom. The molecule has 0 fully saturated rings. The van der Waals surface area contributed by atoms with Crippen LogP contribution in [0.2, 0.25) is 0 Å². The van der Waals surface area contributed by atoms with Crippen molar-refractivity contribution in [3.05, 3.63) is 62.3 Å². The molecule has 0 spiro atoms. The first-order valence-corrected chi connectivity index (χ1v) is 10.2. The van der Waals surface area contributed by atoms with E-state index >= 15 is 0 Å². The molecule has 1 aromatic heterocycles. The SMILES string of the molecule is COCO[C@H]1CSc2c(-c3ccc(F)cc3F)c(C(F)(F)F)cc3c(=O)[nH]c(=O)n(c23)C1. The summed E-state index contributed by atoms with van der Waals surface area (Å²) in [7, 11) is 1.38. The van der Waals surface area contributed by atoms with Crippen molar-refractivity contribution in [2.45, 2.75) is 23.7 Å². The number of halogens is 5. The lowest BCUT2D eigenvalue weighted by Crippen LogP contribution is -2.34. The Kier molecular flexibility index (Phi) is 5.86. The zero-order valence-corrected chi connectivity index (χ0v) is 17.2. The van der Waals surface area contributed by atoms with Crippen LogP contribution in [0.5, 0.6) is 0 Å². The fourth-order valence-corrected chi connectivity index (χ4v) is 4.89. The molecule has 3 aromatic rings. The minimum atomic E-state index is -4.97. The van der Waals surface area contributed by atoms with Gasteiger partial charge in [-0.1, -0.05) is 0 Å². The Balaban J connectivity index is 2.12. The molecule has 6 nitrogen and oxygen atoms in total. The predicted molar refractivity (Wildman–Crippen MR) is 107 cm³/mol. The van der Waals surface area contributed by atoms with E-state index in [1.54, 1.807) is 0 Å². The van der Waals surface area contributed by atoms with E-state index < -0.39 is 51.9 Å². The number of hydrogen-bond acceptors (Lipinski definition) is 5. The highest BCUT2D eigenvalue weighted by molar-refractivity contribution is 7.99. The molecule has 2 heterocycles. The molecule has 1 aliphatic rings. The summed E-state index contributed by atoms with van der Waals surface area (Å²) >= 11 is 0.889. The molecule has 0 saturated heterocycles. The Labute approximate surface area is 181 Å². The van der Waals surface area contributed by atoms with Gasteiger partial charge in [0.25, 0.3) is 5.56 Å². The van der Waals surface area contributed by atoms with Crippen LogP contribution in [0.15, 0.2) is 38.8 Å². The van der Waals surface area contributed by atoms with Gasteiger partial charge in [0.2, 0.25) is 0 Å². The Hall–Kier alpha value is -2.70. The molecule has 0 unspecified atom stereocenters. The van der Waals surface area contributed by atoms with Gasteiger partial charge in [0.15, 0.2) is 0 Å². The van der Waals surface area contributed by atoms with Crippen LogP contribution < -0.4 is 11.2 Å². The summed E-state index contributed by atoms with van der Waals surface area (Å²) in [5.74, 6) is -2.08. The second-order valence-electron chi connectivity index (χ2n) is 7.02. The summed E-state index contributed by atoms with van der Waals surface area (Å²) in [5, 5.41) is -0.377. The van der Waals surface area contributed by atoms with Crippen molar-refractivity contribution >= 4 is 22.7 Å². The maximum Gasteiger partial charge on any atom is 0.417 e. The van der Waals surface area contributed by atoms with Gasteiger partial charge in [-0.25, -0.2) is 13.6 Å². The molecule has 0 saturated carbocycles. The second-order valence-corrected chi connectivity index (χ2v) is 8.05. The van der Waals surface area contributed by atoms with Crippen molar-refractivity contribution in [1.29, 1.82) is 0 Å². The molecule has 0 radical (unpaired) electrons. The van der Waals surface area contributed by atoms with Gasteiger partial charge in [0.05, 0.1) is 29.1 Å². The number of aromatic nitrogens is 2. The number of benzene rings is 2. The molecule has 170 valence electrons. The third-order valence-corrected chi connectivity index (χ3v) is 6.19. The van der Waals surface area contributed by atoms with Gasteiger partial charge in [-0.05, 0) is 18.2 Å². The van der Waals surface area contributed by atoms with Crippen molar-refractivity contribution in [2.24, 2.45) is 0 Å². The van der Waals surface area contributed by atoms with E-state index in [1.165, 1.54) is 7.11 Å². The lowest BCUT2D eigenvalue weighted by molar-refractivity contribution is -0.137. The fourth-order valence-electron chi connectivity index (χ4n) is 3.62. The summed E-state index contributed by atoms with van der Waals surface area (Å²) in [6.07, 6.45) is -5.62. The molecule has 2 aromatic carbocycles. The summed E-state index contributed by atoms with van der Waals surface area (Å²) in [6.45, 7) is -0.206. The average molecular weight is 474 g/mol. The van der Waals surface area contributed by atoms with Crippen LogP contribution in [0.1, 0.15) is 5.56 Å². The highest BCUT2D eigenvalue weighted by atomic mass is 32.2. The number of ether oxygens (including phenoxy) is 2. The van der Waals surface area contributed by atoms with Gasteiger partial charge in [0.1, 0.15) is 18.4 Å². The number of aromatic amines is 1. The smallest absolute Gasteiger partial charge is 0.359 e. The number of thioether (sulfide) groups is 1. The van der Waals surface area contributed by atoms with Gasteiger partial charge in [0, 0.05) is 35.0 Å². The van der Waals surface area contributed by atoms with Gasteiger partial charge >= 0.3 is 11.9 Å². The first-order valence-electron chi connectivity index (χ1n) is 9.21. The molecule has 0 bridgehead atoms. The first-order chi connectivity index (χ1) is 15.1. The Bertz CT molecular complexity index is 1320. The topological polar surface area (TPSA) is 73.3 Å². The number of rotatable bonds is 4. The van der Waals surface area contributed by atoms with Crippen molar-refractivity contribution in [1.82, 2.24) is 9.55 Å². The monoisotopic (exact) mass is 474 g/mol. The quantitative estimate of drug-likeness (QED) is 0.461. The number of methoxy groups -OCH3 is 1. The third-order valence-electron chi connectivity index (χ3n) is 4.96. The van der Waals surface area contributed by atoms with Gasteiger partial charge < -0.3 is 9.47 Å². The van der Waals surface area contributed by atoms with E-state index in [0.717, 1.165) is 28.5 Å². The summed E-state index contributed by atoms with van der Waals surface area (Å²) in [6, 6.07) is 2.80. The van der Waals surface area contributed by atoms with Crippen molar-refractivity contribution < 1.29 is 31.4 Å². The minimum absolute atomic E-state index is 0.0704. The Morgan fingerprint density at radius 3 is 2.62 bits per heavy atom. The van der Waals surface area contributed by atoms with Crippen molar-refractivity contribution in [2.75, 3.05) is 19.7 Å². The van der Waals surface area contributed by atoms with E-state index in [2.05, 4.69) is 0 Å². The van der Waals surface area contributed by atoms with Gasteiger partial charge in [-0.15, -0.1) is 11.8 Å². The van der Waals surface area contributed by atoms with Crippen LogP contribution in [0.4, 0.5) is 22.0 Å². The normalized spacial score (nSPS) is 16.4. The van der Waals surface area contributed by atoms with E-state index in [0.29, 0.717) is 12.1 Å². The lowest BCUT2D eigenvalue weighted by Gasteiger charge is -2.20. The molecule has 1 aliphatic heterocycles. The maximum absolute atomic E-state index is 14.6. The van der Waals surface area contributed by atoms with Crippen molar-refractivity contribution in [3.8, 4) is 11.1 Å². The van der Waals surface area contributed by atoms with Crippen LogP contribution in [-0.2, 0) is 22.2 Å². The van der Waals surface area contributed by atoms with E-state index in [9.17, 15) is 31.5 Å². The second kappa shape index (κ2) is 8.34. The van der Waals surface area contributed by atoms with Crippen LogP contribution in [-0.4, -0.2) is 35.3 Å². The largest absolute Gasteiger partial charge is 0.417 e. The van der Waals surface area contributed by atoms with Gasteiger partial charge in [-0.3, -0.25) is 14.3 Å². The summed E-state index contributed by atoms with van der Waals surface area (Å²) < 4.78 is 81.7. The molecule has 1 N–H and O–H groups in total. The molecule has 12 heteroatoms. The molecule has 0 aliphatic carbocycles. The summed E-state index contributed by atoms with van der Waals surface area (Å²) in [5.41, 5.74) is -4.26. The van der Waals surface area contributed by atoms with Crippen LogP contribution >= 0.6 is 11.8 Å². The molecule has 32 heavy (non-hydrogen) atoms. The molecule has 1 atom stereocenters. The number of hydrogen-bond donors (Lipinski definition) is 1. The van der Waals surface area contributed by atoms with Crippen LogP contribution in [0, 0.1) is 11.6 Å². The number of nitrogens with zero attached hydrogens (tertiary/aromatic N) is 1. The summed E-state index contributed by atoms with van der Waals surface area (Å²) in [4.78, 5) is 26.9. The lowest BCUT2D eigenvalue weighted by atomic mass is 9.96. The van der Waals surface area contributed by atoms with E-state index in [4.69, 9.17) is 9.47 Å². The number of alkyl halides is 3. The van der Waals surface area contributed by atoms with E-state index in [1.807, 2.05) is 4.98 Å². The fraction of sp³-hybridized carbons (Fsp3) is 0.300. The van der Waals surface area contributed by atoms with Crippen molar-refractivity contribution in [3.63, 3.8) is 0 Å². The number of H-pyrrole nitrogens is 1. The molecule has 0 amide bonds. The van der Waals surface area contributed by atoms with Crippen LogP contribution in [0.3, 0.4) is 0 Å². The van der Waals surface area contributed by atoms with Crippen LogP contribution in [0.25, 0.3) is 22.0 Å². The highest BCUT2D eigenvalue weighted by Gasteiger charge is 2.38. The zero-order chi connectivity index (χ0) is 23.2. The van der Waals surface area contributed by atoms with Gasteiger partial charge in [-0.2, -0.15) is 13.2 Å². The first kappa shape index (κ1) is 22.5. The number of nitrogens with one attached hydrogen (secondary N) is 1. The molecular weight excluding hydrogens is 459 g/mol. The maximum atomic E-state index is 14.6. The Morgan fingerprint density at radius 2 is 1.97 bits per heavy atom. The highest BCUT2D eigenvalue weighted by Crippen LogP contribution is 2.47. The zero-order valence-electron chi connectivity index (χ0n) is 16.4. The predicted octanol–water partition coefficient (Wildman–Crippen LogP) is 3.75. The third kappa shape index (κ3) is 3.93.